The van der Waals surface area contributed by atoms with E-state index < -0.39 is 0 Å². The molecule has 1 N–H and O–H groups in total. The maximum atomic E-state index is 11.4. The number of H-pyrrole nitrogens is 1. The van der Waals surface area contributed by atoms with Gasteiger partial charge in [-0.1, -0.05) is 36.4 Å². The zero-order valence-corrected chi connectivity index (χ0v) is 16.9. The predicted molar refractivity (Wildman–Crippen MR) is 114 cm³/mol. The Balaban J connectivity index is 1.31. The van der Waals surface area contributed by atoms with Gasteiger partial charge in [0.25, 0.3) is 0 Å². The molecule has 4 rings (SSSR count). The van der Waals surface area contributed by atoms with E-state index in [1.165, 1.54) is 43.2 Å². The van der Waals surface area contributed by atoms with E-state index in [4.69, 9.17) is 4.42 Å². The maximum absolute atomic E-state index is 11.4. The van der Waals surface area contributed by atoms with E-state index in [2.05, 4.69) is 60.3 Å². The molecule has 1 aliphatic carbocycles. The van der Waals surface area contributed by atoms with Gasteiger partial charge in [-0.2, -0.15) is 0 Å². The Bertz CT molecular complexity index is 951. The fraction of sp³-hybridized carbons (Fsp3) is 0.458. The Labute approximate surface area is 166 Å². The van der Waals surface area contributed by atoms with Crippen molar-refractivity contribution in [1.82, 2.24) is 9.88 Å². The third kappa shape index (κ3) is 4.22. The quantitative estimate of drug-likeness (QED) is 0.649. The maximum Gasteiger partial charge on any atom is 0.417 e. The van der Waals surface area contributed by atoms with Crippen molar-refractivity contribution in [3.05, 3.63) is 70.2 Å². The number of hydrogen-bond acceptors (Lipinski definition) is 3. The summed E-state index contributed by atoms with van der Waals surface area (Å²) in [5.74, 6) is 0.191. The number of nitrogens with one attached hydrogen (secondary N) is 1. The second-order valence-electron chi connectivity index (χ2n) is 8.31. The predicted octanol–water partition coefficient (Wildman–Crippen LogP) is 5.10. The molecule has 1 atom stereocenters. The number of hydrogen-bond donors (Lipinski definition) is 1. The van der Waals surface area contributed by atoms with Crippen molar-refractivity contribution >= 4 is 11.1 Å². The van der Waals surface area contributed by atoms with Gasteiger partial charge in [-0.3, -0.25) is 4.98 Å². The highest BCUT2D eigenvalue weighted by Gasteiger charge is 2.27. The van der Waals surface area contributed by atoms with Crippen LogP contribution in [0.1, 0.15) is 56.1 Å². The van der Waals surface area contributed by atoms with Crippen LogP contribution in [0.5, 0.6) is 0 Å². The minimum absolute atomic E-state index is 0.373. The fourth-order valence-corrected chi connectivity index (χ4v) is 4.62. The molecule has 1 heterocycles. The van der Waals surface area contributed by atoms with Crippen molar-refractivity contribution in [3.8, 4) is 0 Å². The molecule has 0 unspecified atom stereocenters. The second-order valence-corrected chi connectivity index (χ2v) is 8.31. The third-order valence-corrected chi connectivity index (χ3v) is 6.58. The van der Waals surface area contributed by atoms with Crippen LogP contribution in [0.3, 0.4) is 0 Å². The lowest BCUT2D eigenvalue weighted by molar-refractivity contribution is 0.134. The first kappa shape index (κ1) is 19.0. The number of benzene rings is 2. The van der Waals surface area contributed by atoms with E-state index in [0.717, 1.165) is 11.9 Å². The molecule has 0 amide bonds. The van der Waals surface area contributed by atoms with Crippen LogP contribution in [0, 0.1) is 0 Å². The van der Waals surface area contributed by atoms with E-state index in [1.807, 2.05) is 12.1 Å². The van der Waals surface area contributed by atoms with Gasteiger partial charge in [0, 0.05) is 12.1 Å². The highest BCUT2D eigenvalue weighted by atomic mass is 16.4. The SMILES string of the molecule is C[C@@H](CCc1ccccc1)N(C)C1CCC(c2ccc3[nH]c(=O)oc3c2)CC1. The topological polar surface area (TPSA) is 49.2 Å². The van der Waals surface area contributed by atoms with Gasteiger partial charge in [0.15, 0.2) is 5.58 Å². The van der Waals surface area contributed by atoms with Gasteiger partial charge in [-0.25, -0.2) is 4.79 Å². The molecule has 0 spiro atoms. The lowest BCUT2D eigenvalue weighted by Crippen LogP contribution is -2.40. The highest BCUT2D eigenvalue weighted by Crippen LogP contribution is 2.36. The van der Waals surface area contributed by atoms with Crippen molar-refractivity contribution in [2.24, 2.45) is 0 Å². The third-order valence-electron chi connectivity index (χ3n) is 6.58. The molecule has 1 fully saturated rings. The highest BCUT2D eigenvalue weighted by molar-refractivity contribution is 5.72. The van der Waals surface area contributed by atoms with Gasteiger partial charge in [0.2, 0.25) is 0 Å². The minimum Gasteiger partial charge on any atom is -0.408 e. The van der Waals surface area contributed by atoms with Gasteiger partial charge in [-0.15, -0.1) is 0 Å². The molecule has 148 valence electrons. The van der Waals surface area contributed by atoms with Crippen LogP contribution in [0.4, 0.5) is 0 Å². The summed E-state index contributed by atoms with van der Waals surface area (Å²) in [6.45, 7) is 2.36. The number of aromatic amines is 1. The van der Waals surface area contributed by atoms with E-state index in [1.54, 1.807) is 0 Å². The standard InChI is InChI=1S/C24H30N2O2/c1-17(8-9-18-6-4-3-5-7-18)26(2)21-13-10-19(11-14-21)20-12-15-22-23(16-20)28-24(27)25-22/h3-7,12,15-17,19,21H,8-11,13-14H2,1-2H3,(H,25,27)/t17-,19?,21?/m0/s1. The lowest BCUT2D eigenvalue weighted by atomic mass is 9.81. The van der Waals surface area contributed by atoms with Gasteiger partial charge < -0.3 is 9.32 Å². The van der Waals surface area contributed by atoms with Crippen LogP contribution >= 0.6 is 0 Å². The van der Waals surface area contributed by atoms with Crippen LogP contribution in [0.25, 0.3) is 11.1 Å². The van der Waals surface area contributed by atoms with Crippen molar-refractivity contribution < 1.29 is 4.42 Å². The first-order valence-corrected chi connectivity index (χ1v) is 10.5. The number of rotatable bonds is 6. The van der Waals surface area contributed by atoms with Gasteiger partial charge in [-0.05, 0) is 81.7 Å². The molecule has 0 radical (unpaired) electrons. The summed E-state index contributed by atoms with van der Waals surface area (Å²) in [7, 11) is 2.29. The van der Waals surface area contributed by atoms with Gasteiger partial charge in [0.1, 0.15) is 0 Å². The molecular weight excluding hydrogens is 348 g/mol. The monoisotopic (exact) mass is 378 g/mol. The van der Waals surface area contributed by atoms with E-state index >= 15 is 0 Å². The Hall–Kier alpha value is -2.33. The average Bonchev–Trinajstić information content (AvgIpc) is 3.11. The molecule has 2 aromatic carbocycles. The Morgan fingerprint density at radius 1 is 1.11 bits per heavy atom. The molecule has 0 bridgehead atoms. The number of aromatic nitrogens is 1. The number of aryl methyl sites for hydroxylation is 1. The molecule has 1 aromatic heterocycles. The molecular formula is C24H30N2O2. The van der Waals surface area contributed by atoms with Crippen LogP contribution in [0.2, 0.25) is 0 Å². The minimum atomic E-state index is -0.373. The van der Waals surface area contributed by atoms with E-state index in [9.17, 15) is 4.79 Å². The lowest BCUT2D eigenvalue weighted by Gasteiger charge is -2.38. The van der Waals surface area contributed by atoms with Crippen molar-refractivity contribution in [1.29, 1.82) is 0 Å². The van der Waals surface area contributed by atoms with E-state index in [0.29, 0.717) is 23.6 Å². The smallest absolute Gasteiger partial charge is 0.408 e. The van der Waals surface area contributed by atoms with Crippen LogP contribution in [0.15, 0.2) is 57.7 Å². The van der Waals surface area contributed by atoms with Crippen molar-refractivity contribution in [3.63, 3.8) is 0 Å². The normalized spacial score (nSPS) is 21.2. The molecule has 4 heteroatoms. The Morgan fingerprint density at radius 2 is 1.86 bits per heavy atom. The molecule has 0 saturated heterocycles. The molecule has 0 aliphatic heterocycles. The molecule has 3 aromatic rings. The fourth-order valence-electron chi connectivity index (χ4n) is 4.62. The number of oxazole rings is 1. The zero-order valence-electron chi connectivity index (χ0n) is 16.9. The zero-order chi connectivity index (χ0) is 19.5. The Morgan fingerprint density at radius 3 is 2.61 bits per heavy atom. The summed E-state index contributed by atoms with van der Waals surface area (Å²) in [6.07, 6.45) is 7.19. The summed E-state index contributed by atoms with van der Waals surface area (Å²) >= 11 is 0. The summed E-state index contributed by atoms with van der Waals surface area (Å²) in [4.78, 5) is 16.7. The number of nitrogens with zero attached hydrogens (tertiary/aromatic N) is 1. The first-order chi connectivity index (χ1) is 13.6. The van der Waals surface area contributed by atoms with Crippen LogP contribution < -0.4 is 5.76 Å². The van der Waals surface area contributed by atoms with Crippen LogP contribution in [-0.4, -0.2) is 29.0 Å². The van der Waals surface area contributed by atoms with Crippen LogP contribution in [-0.2, 0) is 6.42 Å². The largest absolute Gasteiger partial charge is 0.417 e. The van der Waals surface area contributed by atoms with Gasteiger partial charge >= 0.3 is 5.76 Å². The van der Waals surface area contributed by atoms with E-state index in [-0.39, 0.29) is 5.76 Å². The molecule has 1 saturated carbocycles. The van der Waals surface area contributed by atoms with Crippen molar-refractivity contribution in [2.45, 2.75) is 63.5 Å². The molecule has 1 aliphatic rings. The second kappa shape index (κ2) is 8.36. The van der Waals surface area contributed by atoms with Crippen molar-refractivity contribution in [2.75, 3.05) is 7.05 Å². The summed E-state index contributed by atoms with van der Waals surface area (Å²) in [5, 5.41) is 0. The number of fused-ring (bicyclic) bond motifs is 1. The summed E-state index contributed by atoms with van der Waals surface area (Å²) < 4.78 is 5.23. The summed E-state index contributed by atoms with van der Waals surface area (Å²) in [6, 6.07) is 18.2. The summed E-state index contributed by atoms with van der Waals surface area (Å²) in [5.41, 5.74) is 4.19. The first-order valence-electron chi connectivity index (χ1n) is 10.5. The Kier molecular flexibility index (Phi) is 5.67. The molecule has 28 heavy (non-hydrogen) atoms. The average molecular weight is 379 g/mol. The van der Waals surface area contributed by atoms with Gasteiger partial charge in [0.05, 0.1) is 5.52 Å². The molecule has 4 nitrogen and oxygen atoms in total.